The first-order valence-electron chi connectivity index (χ1n) is 6.83. The van der Waals surface area contributed by atoms with Crippen molar-refractivity contribution in [3.05, 3.63) is 53.1 Å². The van der Waals surface area contributed by atoms with Gasteiger partial charge in [-0.05, 0) is 12.1 Å². The minimum absolute atomic E-state index is 0.00287. The number of hydrogen-bond donors (Lipinski definition) is 1. The van der Waals surface area contributed by atoms with Gasteiger partial charge in [0, 0.05) is 10.9 Å². The summed E-state index contributed by atoms with van der Waals surface area (Å²) >= 11 is 1.10. The molecule has 6 heteroatoms. The second-order valence-corrected chi connectivity index (χ2v) is 6.55. The monoisotopic (exact) mass is 329 g/mol. The Balaban J connectivity index is 2.70. The first-order valence-corrected chi connectivity index (χ1v) is 7.71. The third kappa shape index (κ3) is 3.44. The van der Waals surface area contributed by atoms with Crippen molar-refractivity contribution in [2.45, 2.75) is 24.0 Å². The van der Waals surface area contributed by atoms with Crippen LogP contribution in [0, 0.1) is 34.3 Å². The summed E-state index contributed by atoms with van der Waals surface area (Å²) in [6.45, 7) is 3.66. The smallest absolute Gasteiger partial charge is 0.167 e. The van der Waals surface area contributed by atoms with Crippen LogP contribution < -0.4 is 5.32 Å². The first kappa shape index (κ1) is 16.8. The number of halogens is 2. The number of para-hydroxylation sites is 1. The van der Waals surface area contributed by atoms with Gasteiger partial charge in [-0.15, -0.1) is 11.8 Å². The summed E-state index contributed by atoms with van der Waals surface area (Å²) < 4.78 is 29.3. The van der Waals surface area contributed by atoms with Crippen molar-refractivity contribution >= 4 is 23.1 Å². The molecule has 0 bridgehead atoms. The van der Waals surface area contributed by atoms with Gasteiger partial charge in [-0.2, -0.15) is 10.5 Å². The Bertz CT molecular complexity index is 806. The number of nitrogens with zero attached hydrogens (tertiary/aromatic N) is 2. The van der Waals surface area contributed by atoms with Gasteiger partial charge in [0.25, 0.3) is 0 Å². The summed E-state index contributed by atoms with van der Waals surface area (Å²) in [4.78, 5) is -0.00287. The van der Waals surface area contributed by atoms with Crippen LogP contribution in [0.4, 0.5) is 20.2 Å². The molecule has 0 aliphatic carbocycles. The molecule has 0 spiro atoms. The SMILES string of the molecule is CC(C)Sc1c(F)c(C#N)c(C#N)c(F)c1Nc1ccccc1. The van der Waals surface area contributed by atoms with Gasteiger partial charge < -0.3 is 5.32 Å². The van der Waals surface area contributed by atoms with Crippen molar-refractivity contribution in [2.75, 3.05) is 5.32 Å². The predicted octanol–water partition coefficient (Wildman–Crippen LogP) is 4.95. The van der Waals surface area contributed by atoms with E-state index in [2.05, 4.69) is 5.32 Å². The molecule has 0 amide bonds. The maximum atomic E-state index is 14.7. The van der Waals surface area contributed by atoms with Gasteiger partial charge >= 0.3 is 0 Å². The van der Waals surface area contributed by atoms with Gasteiger partial charge in [-0.3, -0.25) is 0 Å². The Hall–Kier alpha value is -2.57. The fraction of sp³-hybridized carbons (Fsp3) is 0.176. The Kier molecular flexibility index (Phi) is 5.20. The van der Waals surface area contributed by atoms with Crippen LogP contribution in [-0.2, 0) is 0 Å². The Labute approximate surface area is 137 Å². The lowest BCUT2D eigenvalue weighted by Gasteiger charge is -2.17. The molecule has 0 saturated heterocycles. The van der Waals surface area contributed by atoms with E-state index in [4.69, 9.17) is 10.5 Å². The number of anilines is 2. The molecule has 0 aliphatic rings. The van der Waals surface area contributed by atoms with E-state index in [1.165, 1.54) is 0 Å². The lowest BCUT2D eigenvalue weighted by Crippen LogP contribution is -2.06. The van der Waals surface area contributed by atoms with Gasteiger partial charge in [-0.25, -0.2) is 8.78 Å². The van der Waals surface area contributed by atoms with E-state index in [1.807, 2.05) is 13.8 Å². The largest absolute Gasteiger partial charge is 0.352 e. The molecular formula is C17H13F2N3S. The fourth-order valence-electron chi connectivity index (χ4n) is 2.00. The lowest BCUT2D eigenvalue weighted by molar-refractivity contribution is 0.574. The minimum Gasteiger partial charge on any atom is -0.352 e. The molecule has 2 aromatic carbocycles. The molecule has 2 aromatic rings. The molecule has 3 nitrogen and oxygen atoms in total. The zero-order valence-electron chi connectivity index (χ0n) is 12.5. The predicted molar refractivity (Wildman–Crippen MR) is 86.5 cm³/mol. The van der Waals surface area contributed by atoms with Gasteiger partial charge in [0.15, 0.2) is 11.6 Å². The molecule has 0 atom stereocenters. The molecule has 0 saturated carbocycles. The summed E-state index contributed by atoms with van der Waals surface area (Å²) in [6.07, 6.45) is 0. The Morgan fingerprint density at radius 1 is 1.00 bits per heavy atom. The topological polar surface area (TPSA) is 59.6 Å². The quantitative estimate of drug-likeness (QED) is 0.806. The van der Waals surface area contributed by atoms with E-state index in [1.54, 1.807) is 42.5 Å². The number of thioether (sulfide) groups is 1. The van der Waals surface area contributed by atoms with Crippen LogP contribution >= 0.6 is 11.8 Å². The number of nitrogens with one attached hydrogen (secondary N) is 1. The molecule has 0 unspecified atom stereocenters. The standard InChI is InChI=1S/C17H13F2N3S/c1-10(2)23-17-15(19)13(9-21)12(8-20)14(18)16(17)22-11-6-4-3-5-7-11/h3-7,10,22H,1-2H3. The highest BCUT2D eigenvalue weighted by Crippen LogP contribution is 2.39. The van der Waals surface area contributed by atoms with Gasteiger partial charge in [0.05, 0.1) is 10.6 Å². The summed E-state index contributed by atoms with van der Waals surface area (Å²) in [5.41, 5.74) is -0.712. The zero-order chi connectivity index (χ0) is 17.0. The van der Waals surface area contributed by atoms with Crippen LogP contribution in [0.3, 0.4) is 0 Å². The van der Waals surface area contributed by atoms with Crippen LogP contribution in [-0.4, -0.2) is 5.25 Å². The fourth-order valence-corrected chi connectivity index (χ4v) is 2.94. The average Bonchev–Trinajstić information content (AvgIpc) is 2.54. The number of rotatable bonds is 4. The minimum atomic E-state index is -0.919. The lowest BCUT2D eigenvalue weighted by atomic mass is 10.1. The number of nitriles is 2. The van der Waals surface area contributed by atoms with E-state index < -0.39 is 22.8 Å². The van der Waals surface area contributed by atoms with Gasteiger partial charge in [0.1, 0.15) is 23.3 Å². The van der Waals surface area contributed by atoms with Gasteiger partial charge in [-0.1, -0.05) is 32.0 Å². The molecule has 116 valence electrons. The molecule has 0 radical (unpaired) electrons. The maximum absolute atomic E-state index is 14.7. The summed E-state index contributed by atoms with van der Waals surface area (Å²) in [6, 6.07) is 11.9. The van der Waals surface area contributed by atoms with Crippen LogP contribution in [0.2, 0.25) is 0 Å². The summed E-state index contributed by atoms with van der Waals surface area (Å²) in [7, 11) is 0. The highest BCUT2D eigenvalue weighted by molar-refractivity contribution is 8.00. The molecular weight excluding hydrogens is 316 g/mol. The maximum Gasteiger partial charge on any atom is 0.167 e. The first-order chi connectivity index (χ1) is 11.0. The number of benzene rings is 2. The van der Waals surface area contributed by atoms with Crippen LogP contribution in [0.5, 0.6) is 0 Å². The van der Waals surface area contributed by atoms with Crippen LogP contribution in [0.1, 0.15) is 25.0 Å². The van der Waals surface area contributed by atoms with E-state index in [-0.39, 0.29) is 15.8 Å². The van der Waals surface area contributed by atoms with E-state index in [9.17, 15) is 8.78 Å². The van der Waals surface area contributed by atoms with Crippen LogP contribution in [0.15, 0.2) is 35.2 Å². The highest BCUT2D eigenvalue weighted by Gasteiger charge is 2.25. The summed E-state index contributed by atoms with van der Waals surface area (Å²) in [5, 5.41) is 20.9. The molecule has 0 fully saturated rings. The van der Waals surface area contributed by atoms with Crippen molar-refractivity contribution in [1.82, 2.24) is 0 Å². The average molecular weight is 329 g/mol. The van der Waals surface area contributed by atoms with Crippen molar-refractivity contribution in [3.63, 3.8) is 0 Å². The van der Waals surface area contributed by atoms with Gasteiger partial charge in [0.2, 0.25) is 0 Å². The highest BCUT2D eigenvalue weighted by atomic mass is 32.2. The third-order valence-electron chi connectivity index (χ3n) is 2.96. The van der Waals surface area contributed by atoms with E-state index in [0.29, 0.717) is 5.69 Å². The second-order valence-electron chi connectivity index (χ2n) is 4.96. The Morgan fingerprint density at radius 2 is 1.57 bits per heavy atom. The van der Waals surface area contributed by atoms with Crippen molar-refractivity contribution < 1.29 is 8.78 Å². The van der Waals surface area contributed by atoms with Crippen LogP contribution in [0.25, 0.3) is 0 Å². The van der Waals surface area contributed by atoms with Crippen molar-refractivity contribution in [1.29, 1.82) is 10.5 Å². The molecule has 1 N–H and O–H groups in total. The number of hydrogen-bond acceptors (Lipinski definition) is 4. The molecule has 0 aromatic heterocycles. The normalized spacial score (nSPS) is 10.2. The second kappa shape index (κ2) is 7.13. The van der Waals surface area contributed by atoms with Crippen molar-refractivity contribution in [2.24, 2.45) is 0 Å². The molecule has 23 heavy (non-hydrogen) atoms. The van der Waals surface area contributed by atoms with Crippen molar-refractivity contribution in [3.8, 4) is 12.1 Å². The third-order valence-corrected chi connectivity index (χ3v) is 4.05. The van der Waals surface area contributed by atoms with E-state index in [0.717, 1.165) is 11.8 Å². The zero-order valence-corrected chi connectivity index (χ0v) is 13.3. The molecule has 0 heterocycles. The molecule has 0 aliphatic heterocycles. The van der Waals surface area contributed by atoms with E-state index >= 15 is 0 Å². The molecule has 2 rings (SSSR count). The Morgan fingerprint density at radius 3 is 2.09 bits per heavy atom. The summed E-state index contributed by atoms with van der Waals surface area (Å²) in [5.74, 6) is -1.79.